The van der Waals surface area contributed by atoms with Gasteiger partial charge in [0.25, 0.3) is 0 Å². The minimum atomic E-state index is -0.512. The van der Waals surface area contributed by atoms with Gasteiger partial charge in [-0.1, -0.05) is 24.3 Å². The first-order valence-electron chi connectivity index (χ1n) is 9.54. The minimum Gasteiger partial charge on any atom is -0.352 e. The number of nitrogens with zero attached hydrogens (tertiary/aromatic N) is 1. The van der Waals surface area contributed by atoms with Crippen molar-refractivity contribution in [3.63, 3.8) is 0 Å². The van der Waals surface area contributed by atoms with Crippen LogP contribution in [0.4, 0.5) is 4.79 Å². The maximum atomic E-state index is 13.3. The molecule has 1 aliphatic heterocycles. The highest BCUT2D eigenvalue weighted by atomic mass is 16.2. The molecule has 3 unspecified atom stereocenters. The molecule has 3 atom stereocenters. The third-order valence-corrected chi connectivity index (χ3v) is 6.42. The van der Waals surface area contributed by atoms with Gasteiger partial charge in [-0.05, 0) is 56.1 Å². The van der Waals surface area contributed by atoms with Gasteiger partial charge in [0.1, 0.15) is 0 Å². The Hall–Kier alpha value is -2.04. The molecule has 1 heterocycles. The van der Waals surface area contributed by atoms with E-state index in [0.29, 0.717) is 6.54 Å². The second-order valence-corrected chi connectivity index (χ2v) is 7.85. The zero-order chi connectivity index (χ0) is 17.4. The van der Waals surface area contributed by atoms with Crippen molar-refractivity contribution in [2.45, 2.75) is 56.4 Å². The standard InChI is InChI=1S/C20H27N3O2/c21-19(25)22-13-15-8-3-4-11-23(15)18(24)17-12-20(17)10-5-7-14-6-1-2-9-16(14)20/h1-2,6,9,15,17H,3-5,7-8,10-13H2,(H3,21,22,25). The summed E-state index contributed by atoms with van der Waals surface area (Å²) in [6, 6.07) is 8.23. The second kappa shape index (κ2) is 6.36. The first kappa shape index (κ1) is 16.4. The monoisotopic (exact) mass is 341 g/mol. The van der Waals surface area contributed by atoms with Crippen molar-refractivity contribution >= 4 is 11.9 Å². The van der Waals surface area contributed by atoms with E-state index >= 15 is 0 Å². The maximum Gasteiger partial charge on any atom is 0.312 e. The third kappa shape index (κ3) is 2.90. The molecule has 5 heteroatoms. The van der Waals surface area contributed by atoms with E-state index in [1.807, 2.05) is 4.90 Å². The molecule has 3 amide bonds. The lowest BCUT2D eigenvalue weighted by atomic mass is 9.78. The van der Waals surface area contributed by atoms with Crippen molar-refractivity contribution in [3.8, 4) is 0 Å². The molecule has 1 saturated heterocycles. The fourth-order valence-electron chi connectivity index (χ4n) is 5.08. The lowest BCUT2D eigenvalue weighted by molar-refractivity contribution is -0.136. The molecule has 1 aromatic carbocycles. The Balaban J connectivity index is 1.51. The third-order valence-electron chi connectivity index (χ3n) is 6.42. The van der Waals surface area contributed by atoms with Crippen molar-refractivity contribution in [1.29, 1.82) is 0 Å². The van der Waals surface area contributed by atoms with E-state index in [2.05, 4.69) is 29.6 Å². The van der Waals surface area contributed by atoms with Crippen molar-refractivity contribution in [3.05, 3.63) is 35.4 Å². The van der Waals surface area contributed by atoms with Gasteiger partial charge in [-0.2, -0.15) is 0 Å². The molecule has 2 aliphatic carbocycles. The Bertz CT molecular complexity index is 689. The summed E-state index contributed by atoms with van der Waals surface area (Å²) in [5.41, 5.74) is 8.12. The summed E-state index contributed by atoms with van der Waals surface area (Å²) in [4.78, 5) is 26.4. The molecule has 0 bridgehead atoms. The molecular weight excluding hydrogens is 314 g/mol. The van der Waals surface area contributed by atoms with Gasteiger partial charge in [0, 0.05) is 30.5 Å². The zero-order valence-corrected chi connectivity index (χ0v) is 14.7. The van der Waals surface area contributed by atoms with Crippen LogP contribution in [0.5, 0.6) is 0 Å². The van der Waals surface area contributed by atoms with Gasteiger partial charge >= 0.3 is 6.03 Å². The van der Waals surface area contributed by atoms with Crippen LogP contribution in [0.15, 0.2) is 24.3 Å². The van der Waals surface area contributed by atoms with Gasteiger partial charge in [0.05, 0.1) is 0 Å². The van der Waals surface area contributed by atoms with E-state index in [-0.39, 0.29) is 23.3 Å². The first-order chi connectivity index (χ1) is 12.1. The van der Waals surface area contributed by atoms with Gasteiger partial charge in [-0.15, -0.1) is 0 Å². The highest BCUT2D eigenvalue weighted by molar-refractivity contribution is 5.85. The zero-order valence-electron chi connectivity index (χ0n) is 14.7. The number of carbonyl (C=O) groups is 2. The van der Waals surface area contributed by atoms with Crippen molar-refractivity contribution in [2.24, 2.45) is 11.7 Å². The molecule has 2 fully saturated rings. The van der Waals surface area contributed by atoms with Crippen LogP contribution in [-0.2, 0) is 16.6 Å². The summed E-state index contributed by atoms with van der Waals surface area (Å²) >= 11 is 0. The van der Waals surface area contributed by atoms with Crippen LogP contribution in [0, 0.1) is 5.92 Å². The van der Waals surface area contributed by atoms with Crippen LogP contribution in [0.3, 0.4) is 0 Å². The summed E-state index contributed by atoms with van der Waals surface area (Å²) in [5.74, 6) is 0.399. The number of hydrogen-bond acceptors (Lipinski definition) is 2. The highest BCUT2D eigenvalue weighted by Crippen LogP contribution is 2.61. The number of piperidine rings is 1. The summed E-state index contributed by atoms with van der Waals surface area (Å²) in [7, 11) is 0. The largest absolute Gasteiger partial charge is 0.352 e. The molecule has 25 heavy (non-hydrogen) atoms. The number of carbonyl (C=O) groups excluding carboxylic acids is 2. The molecule has 134 valence electrons. The Labute approximate surface area is 148 Å². The molecule has 5 nitrogen and oxygen atoms in total. The van der Waals surface area contributed by atoms with Crippen LogP contribution in [-0.4, -0.2) is 36.0 Å². The van der Waals surface area contributed by atoms with Crippen LogP contribution in [0.25, 0.3) is 0 Å². The lowest BCUT2D eigenvalue weighted by Gasteiger charge is -2.37. The van der Waals surface area contributed by atoms with Crippen molar-refractivity contribution < 1.29 is 9.59 Å². The van der Waals surface area contributed by atoms with E-state index in [4.69, 9.17) is 5.73 Å². The average Bonchev–Trinajstić information content (AvgIpc) is 3.34. The number of hydrogen-bond donors (Lipinski definition) is 2. The molecular formula is C20H27N3O2. The van der Waals surface area contributed by atoms with Gasteiger partial charge in [0.2, 0.25) is 5.91 Å². The van der Waals surface area contributed by atoms with E-state index in [9.17, 15) is 9.59 Å². The quantitative estimate of drug-likeness (QED) is 0.885. The fourth-order valence-corrected chi connectivity index (χ4v) is 5.08. The van der Waals surface area contributed by atoms with Crippen LogP contribution >= 0.6 is 0 Å². The number of rotatable bonds is 3. The van der Waals surface area contributed by atoms with Crippen LogP contribution < -0.4 is 11.1 Å². The number of amides is 3. The van der Waals surface area contributed by atoms with E-state index in [0.717, 1.165) is 45.1 Å². The Morgan fingerprint density at radius 2 is 2.08 bits per heavy atom. The number of primary amides is 1. The summed E-state index contributed by atoms with van der Waals surface area (Å²) in [6.45, 7) is 1.27. The number of urea groups is 1. The van der Waals surface area contributed by atoms with Crippen molar-refractivity contribution in [1.82, 2.24) is 10.2 Å². The maximum absolute atomic E-state index is 13.3. The number of fused-ring (bicyclic) bond motifs is 2. The number of aryl methyl sites for hydroxylation is 1. The van der Waals surface area contributed by atoms with E-state index in [1.165, 1.54) is 17.5 Å². The normalized spacial score (nSPS) is 30.6. The molecule has 1 saturated carbocycles. The summed E-state index contributed by atoms with van der Waals surface area (Å²) in [5, 5.41) is 2.69. The SMILES string of the molecule is NC(=O)NCC1CCCCN1C(=O)C1CC12CCCc1ccccc12. The lowest BCUT2D eigenvalue weighted by Crippen LogP contribution is -2.51. The predicted molar refractivity (Wildman–Crippen MR) is 96.1 cm³/mol. The number of nitrogens with one attached hydrogen (secondary N) is 1. The Morgan fingerprint density at radius 1 is 1.24 bits per heavy atom. The Morgan fingerprint density at radius 3 is 2.92 bits per heavy atom. The van der Waals surface area contributed by atoms with E-state index in [1.54, 1.807) is 0 Å². The predicted octanol–water partition coefficient (Wildman–Crippen LogP) is 2.33. The van der Waals surface area contributed by atoms with Gasteiger partial charge in [0.15, 0.2) is 0 Å². The van der Waals surface area contributed by atoms with Crippen molar-refractivity contribution in [2.75, 3.05) is 13.1 Å². The number of likely N-dealkylation sites (tertiary alicyclic amines) is 1. The molecule has 0 aromatic heterocycles. The second-order valence-electron chi connectivity index (χ2n) is 7.85. The summed E-state index contributed by atoms with van der Waals surface area (Å²) in [6.07, 6.45) is 7.51. The average molecular weight is 341 g/mol. The Kier molecular flexibility index (Phi) is 4.18. The van der Waals surface area contributed by atoms with Gasteiger partial charge in [-0.3, -0.25) is 4.79 Å². The molecule has 4 rings (SSSR count). The molecule has 3 aliphatic rings. The molecule has 1 aromatic rings. The van der Waals surface area contributed by atoms with Crippen LogP contribution in [0.2, 0.25) is 0 Å². The van der Waals surface area contributed by atoms with E-state index < -0.39 is 6.03 Å². The number of benzene rings is 1. The summed E-state index contributed by atoms with van der Waals surface area (Å²) < 4.78 is 0. The molecule has 0 radical (unpaired) electrons. The highest BCUT2D eigenvalue weighted by Gasteiger charge is 2.61. The topological polar surface area (TPSA) is 75.4 Å². The smallest absolute Gasteiger partial charge is 0.312 e. The first-order valence-corrected chi connectivity index (χ1v) is 9.54. The molecule has 3 N–H and O–H groups in total. The number of nitrogens with two attached hydrogens (primary N) is 1. The van der Waals surface area contributed by atoms with Crippen LogP contribution in [0.1, 0.15) is 49.7 Å². The fraction of sp³-hybridized carbons (Fsp3) is 0.600. The van der Waals surface area contributed by atoms with Gasteiger partial charge in [-0.25, -0.2) is 4.79 Å². The van der Waals surface area contributed by atoms with Gasteiger partial charge < -0.3 is 16.0 Å². The molecule has 1 spiro atoms. The minimum absolute atomic E-state index is 0.0744.